The van der Waals surface area contributed by atoms with E-state index in [0.717, 1.165) is 33.7 Å². The molecule has 0 aliphatic heterocycles. The van der Waals surface area contributed by atoms with E-state index >= 15 is 0 Å². The highest BCUT2D eigenvalue weighted by Gasteiger charge is 2.15. The molecule has 3 aromatic carbocycles. The molecule has 0 bridgehead atoms. The van der Waals surface area contributed by atoms with Gasteiger partial charge >= 0.3 is 0 Å². The summed E-state index contributed by atoms with van der Waals surface area (Å²) in [5.41, 5.74) is 3.96. The monoisotopic (exact) mass is 390 g/mol. The van der Waals surface area contributed by atoms with Crippen molar-refractivity contribution < 1.29 is 14.2 Å². The number of aliphatic hydroxyl groups excluding tert-OH is 1. The van der Waals surface area contributed by atoms with Crippen molar-refractivity contribution in [3.8, 4) is 5.75 Å². The molecule has 0 spiro atoms. The van der Waals surface area contributed by atoms with Crippen molar-refractivity contribution >= 4 is 11.0 Å². The Morgan fingerprint density at radius 3 is 2.48 bits per heavy atom. The Labute approximate surface area is 169 Å². The van der Waals surface area contributed by atoms with Crippen molar-refractivity contribution in [1.29, 1.82) is 0 Å². The normalized spacial score (nSPS) is 12.2. The molecule has 0 radical (unpaired) electrons. The van der Waals surface area contributed by atoms with Crippen LogP contribution in [0.4, 0.5) is 4.39 Å². The third-order valence-corrected chi connectivity index (χ3v) is 4.87. The Morgan fingerprint density at radius 1 is 1.00 bits per heavy atom. The van der Waals surface area contributed by atoms with Gasteiger partial charge in [-0.25, -0.2) is 9.37 Å². The van der Waals surface area contributed by atoms with E-state index in [2.05, 4.69) is 0 Å². The van der Waals surface area contributed by atoms with E-state index < -0.39 is 6.10 Å². The number of aliphatic hydroxyl groups is 1. The van der Waals surface area contributed by atoms with Gasteiger partial charge in [0.2, 0.25) is 0 Å². The predicted molar refractivity (Wildman–Crippen MR) is 112 cm³/mol. The van der Waals surface area contributed by atoms with Crippen LogP contribution in [0.25, 0.3) is 11.0 Å². The first-order valence-corrected chi connectivity index (χ1v) is 9.64. The topological polar surface area (TPSA) is 47.3 Å². The predicted octanol–water partition coefficient (Wildman–Crippen LogP) is 4.51. The van der Waals surface area contributed by atoms with Crippen LogP contribution in [0.3, 0.4) is 0 Å². The van der Waals surface area contributed by atoms with E-state index in [1.54, 1.807) is 12.1 Å². The number of fused-ring (bicyclic) bond motifs is 1. The fraction of sp³-hybridized carbons (Fsp3) is 0.208. The zero-order valence-electron chi connectivity index (χ0n) is 16.3. The minimum atomic E-state index is -0.694. The maximum Gasteiger partial charge on any atom is 0.123 e. The average Bonchev–Trinajstić information content (AvgIpc) is 3.06. The highest BCUT2D eigenvalue weighted by atomic mass is 19.1. The number of aromatic nitrogens is 2. The fourth-order valence-electron chi connectivity index (χ4n) is 3.34. The number of nitrogens with zero attached hydrogens (tertiary/aromatic N) is 2. The molecule has 1 aromatic heterocycles. The maximum absolute atomic E-state index is 13.2. The van der Waals surface area contributed by atoms with E-state index in [4.69, 9.17) is 9.72 Å². The van der Waals surface area contributed by atoms with E-state index in [0.29, 0.717) is 13.0 Å². The molecule has 0 aliphatic rings. The molecule has 0 amide bonds. The second-order valence-electron chi connectivity index (χ2n) is 7.21. The van der Waals surface area contributed by atoms with Crippen molar-refractivity contribution in [2.45, 2.75) is 26.0 Å². The van der Waals surface area contributed by atoms with E-state index in [-0.39, 0.29) is 12.4 Å². The van der Waals surface area contributed by atoms with Gasteiger partial charge in [-0.05, 0) is 48.9 Å². The largest absolute Gasteiger partial charge is 0.491 e. The average molecular weight is 390 g/mol. The molecule has 0 saturated heterocycles. The third kappa shape index (κ3) is 4.63. The number of ether oxygens (including phenoxy) is 1. The lowest BCUT2D eigenvalue weighted by molar-refractivity contribution is 0.0928. The number of hydrogen-bond donors (Lipinski definition) is 1. The van der Waals surface area contributed by atoms with Crippen molar-refractivity contribution in [2.75, 3.05) is 6.61 Å². The molecule has 4 rings (SSSR count). The lowest BCUT2D eigenvalue weighted by atomic mass is 10.1. The summed E-state index contributed by atoms with van der Waals surface area (Å²) in [6.45, 7) is 2.57. The Kier molecular flexibility index (Phi) is 5.58. The maximum atomic E-state index is 13.2. The first-order valence-electron chi connectivity index (χ1n) is 9.64. The smallest absolute Gasteiger partial charge is 0.123 e. The SMILES string of the molecule is Cc1ccc(OCC(O)Cn2c(Cc3ccc(F)cc3)nc3ccccc32)cc1. The molecular formula is C24H23FN2O2. The molecule has 4 nitrogen and oxygen atoms in total. The minimum absolute atomic E-state index is 0.186. The lowest BCUT2D eigenvalue weighted by Crippen LogP contribution is -2.24. The van der Waals surface area contributed by atoms with Crippen molar-refractivity contribution in [2.24, 2.45) is 0 Å². The first kappa shape index (κ1) is 19.2. The third-order valence-electron chi connectivity index (χ3n) is 4.87. The number of hydrogen-bond acceptors (Lipinski definition) is 3. The quantitative estimate of drug-likeness (QED) is 0.505. The summed E-state index contributed by atoms with van der Waals surface area (Å²) in [4.78, 5) is 4.73. The van der Waals surface area contributed by atoms with Gasteiger partial charge in [0.15, 0.2) is 0 Å². The Bertz CT molecular complexity index is 1090. The van der Waals surface area contributed by atoms with Gasteiger partial charge in [0.25, 0.3) is 0 Å². The second-order valence-corrected chi connectivity index (χ2v) is 7.21. The van der Waals surface area contributed by atoms with E-state index in [1.165, 1.54) is 12.1 Å². The highest BCUT2D eigenvalue weighted by Crippen LogP contribution is 2.20. The standard InChI is InChI=1S/C24H23FN2O2/c1-17-6-12-21(13-7-17)29-16-20(28)15-27-23-5-3-2-4-22(23)26-24(27)14-18-8-10-19(25)11-9-18/h2-13,20,28H,14-16H2,1H3. The zero-order chi connectivity index (χ0) is 20.2. The number of halogens is 1. The van der Waals surface area contributed by atoms with Gasteiger partial charge in [0, 0.05) is 6.42 Å². The summed E-state index contributed by atoms with van der Waals surface area (Å²) in [5, 5.41) is 10.6. The van der Waals surface area contributed by atoms with E-state index in [1.807, 2.05) is 60.0 Å². The van der Waals surface area contributed by atoms with Crippen LogP contribution in [-0.2, 0) is 13.0 Å². The summed E-state index contributed by atoms with van der Waals surface area (Å²) in [6, 6.07) is 22.0. The Morgan fingerprint density at radius 2 is 1.72 bits per heavy atom. The van der Waals surface area contributed by atoms with Crippen LogP contribution in [0.15, 0.2) is 72.8 Å². The van der Waals surface area contributed by atoms with Crippen molar-refractivity contribution in [3.05, 3.63) is 95.6 Å². The van der Waals surface area contributed by atoms with Crippen LogP contribution in [-0.4, -0.2) is 27.4 Å². The molecule has 1 heterocycles. The summed E-state index contributed by atoms with van der Waals surface area (Å²) in [5.74, 6) is 1.30. The van der Waals surface area contributed by atoms with Crippen molar-refractivity contribution in [3.63, 3.8) is 0 Å². The summed E-state index contributed by atoms with van der Waals surface area (Å²) in [7, 11) is 0. The molecular weight excluding hydrogens is 367 g/mol. The number of benzene rings is 3. The summed E-state index contributed by atoms with van der Waals surface area (Å²) < 4.78 is 21.0. The summed E-state index contributed by atoms with van der Waals surface area (Å²) >= 11 is 0. The van der Waals surface area contributed by atoms with Crippen LogP contribution in [0.5, 0.6) is 5.75 Å². The minimum Gasteiger partial charge on any atom is -0.491 e. The molecule has 0 fully saturated rings. The highest BCUT2D eigenvalue weighted by molar-refractivity contribution is 5.76. The van der Waals surface area contributed by atoms with Crippen LogP contribution in [0, 0.1) is 12.7 Å². The van der Waals surface area contributed by atoms with Crippen LogP contribution < -0.4 is 4.74 Å². The van der Waals surface area contributed by atoms with Gasteiger partial charge in [-0.1, -0.05) is 42.0 Å². The molecule has 29 heavy (non-hydrogen) atoms. The van der Waals surface area contributed by atoms with Gasteiger partial charge in [-0.15, -0.1) is 0 Å². The van der Waals surface area contributed by atoms with Crippen LogP contribution >= 0.6 is 0 Å². The van der Waals surface area contributed by atoms with Crippen LogP contribution in [0.1, 0.15) is 17.0 Å². The number of aryl methyl sites for hydroxylation is 1. The van der Waals surface area contributed by atoms with Crippen LogP contribution in [0.2, 0.25) is 0 Å². The number of para-hydroxylation sites is 2. The fourth-order valence-corrected chi connectivity index (χ4v) is 3.34. The Balaban J connectivity index is 1.53. The second kappa shape index (κ2) is 8.45. The van der Waals surface area contributed by atoms with Gasteiger partial charge in [0.05, 0.1) is 17.6 Å². The van der Waals surface area contributed by atoms with E-state index in [9.17, 15) is 9.50 Å². The molecule has 1 atom stereocenters. The number of rotatable bonds is 7. The van der Waals surface area contributed by atoms with Gasteiger partial charge in [-0.3, -0.25) is 0 Å². The van der Waals surface area contributed by atoms with Crippen molar-refractivity contribution in [1.82, 2.24) is 9.55 Å². The molecule has 5 heteroatoms. The first-order chi connectivity index (χ1) is 14.1. The molecule has 0 aliphatic carbocycles. The summed E-state index contributed by atoms with van der Waals surface area (Å²) in [6.07, 6.45) is -0.138. The van der Waals surface area contributed by atoms with Gasteiger partial charge in [-0.2, -0.15) is 0 Å². The lowest BCUT2D eigenvalue weighted by Gasteiger charge is -2.16. The zero-order valence-corrected chi connectivity index (χ0v) is 16.3. The molecule has 4 aromatic rings. The van der Waals surface area contributed by atoms with Gasteiger partial charge < -0.3 is 14.4 Å². The Hall–Kier alpha value is -3.18. The number of imidazole rings is 1. The molecule has 148 valence electrons. The van der Waals surface area contributed by atoms with Gasteiger partial charge in [0.1, 0.15) is 30.1 Å². The molecule has 1 unspecified atom stereocenters. The molecule has 0 saturated carbocycles. The molecule has 1 N–H and O–H groups in total.